The Labute approximate surface area is 191 Å². The van der Waals surface area contributed by atoms with Crippen LogP contribution in [0.15, 0.2) is 48.5 Å². The number of hydrogen-bond acceptors (Lipinski definition) is 4. The number of aryl methyl sites for hydroxylation is 2. The number of rotatable bonds is 9. The van der Waals surface area contributed by atoms with Gasteiger partial charge in [0.1, 0.15) is 0 Å². The molecule has 1 heterocycles. The average Bonchev–Trinajstić information content (AvgIpc) is 3.09. The van der Waals surface area contributed by atoms with Gasteiger partial charge in [-0.05, 0) is 49.4 Å². The number of amides is 2. The molecule has 172 valence electrons. The Hall–Kier alpha value is -3.02. The van der Waals surface area contributed by atoms with E-state index in [1.807, 2.05) is 53.1 Å². The van der Waals surface area contributed by atoms with Gasteiger partial charge in [-0.2, -0.15) is 0 Å². The van der Waals surface area contributed by atoms with Gasteiger partial charge in [-0.1, -0.05) is 36.4 Å². The number of hydrogen-bond donors (Lipinski definition) is 0. The third kappa shape index (κ3) is 6.74. The molecule has 32 heavy (non-hydrogen) atoms. The molecule has 0 atom stereocenters. The summed E-state index contributed by atoms with van der Waals surface area (Å²) in [5, 5.41) is 0. The van der Waals surface area contributed by atoms with Crippen LogP contribution in [0.1, 0.15) is 37.3 Å². The van der Waals surface area contributed by atoms with E-state index in [4.69, 9.17) is 9.47 Å². The first-order chi connectivity index (χ1) is 15.6. The monoisotopic (exact) mass is 438 g/mol. The normalized spacial score (nSPS) is 14.1. The first-order valence-corrected chi connectivity index (χ1v) is 11.5. The highest BCUT2D eigenvalue weighted by molar-refractivity contribution is 5.78. The first-order valence-electron chi connectivity index (χ1n) is 11.5. The second-order valence-corrected chi connectivity index (χ2v) is 8.02. The Morgan fingerprint density at radius 3 is 2.03 bits per heavy atom. The maximum Gasteiger partial charge on any atom is 0.222 e. The molecule has 0 unspecified atom stereocenters. The van der Waals surface area contributed by atoms with Crippen LogP contribution in [0, 0.1) is 0 Å². The average molecular weight is 439 g/mol. The smallest absolute Gasteiger partial charge is 0.222 e. The van der Waals surface area contributed by atoms with Crippen LogP contribution in [-0.4, -0.2) is 61.5 Å². The molecule has 1 aliphatic rings. The summed E-state index contributed by atoms with van der Waals surface area (Å²) in [4.78, 5) is 29.3. The predicted molar refractivity (Wildman–Crippen MR) is 125 cm³/mol. The van der Waals surface area contributed by atoms with Crippen molar-refractivity contribution in [3.05, 3.63) is 59.7 Å². The summed E-state index contributed by atoms with van der Waals surface area (Å²) in [6, 6.07) is 15.9. The number of benzene rings is 2. The minimum atomic E-state index is 0.136. The zero-order valence-corrected chi connectivity index (χ0v) is 19.2. The Balaban J connectivity index is 1.46. The maximum atomic E-state index is 12.8. The number of ether oxygens (including phenoxy) is 2. The molecule has 1 saturated heterocycles. The molecule has 0 N–H and O–H groups in total. The summed E-state index contributed by atoms with van der Waals surface area (Å²) in [6.45, 7) is 5.14. The molecule has 6 heteroatoms. The Bertz CT molecular complexity index is 885. The summed E-state index contributed by atoms with van der Waals surface area (Å²) in [5.41, 5.74) is 2.23. The molecule has 6 nitrogen and oxygen atoms in total. The third-order valence-electron chi connectivity index (χ3n) is 5.83. The van der Waals surface area contributed by atoms with Crippen LogP contribution in [0.5, 0.6) is 11.5 Å². The molecule has 0 bridgehead atoms. The van der Waals surface area contributed by atoms with Crippen molar-refractivity contribution in [3.8, 4) is 11.5 Å². The van der Waals surface area contributed by atoms with Crippen LogP contribution >= 0.6 is 0 Å². The summed E-state index contributed by atoms with van der Waals surface area (Å²) < 4.78 is 11.0. The lowest BCUT2D eigenvalue weighted by Crippen LogP contribution is -2.37. The fraction of sp³-hybridized carbons (Fsp3) is 0.462. The van der Waals surface area contributed by atoms with Gasteiger partial charge in [-0.3, -0.25) is 9.59 Å². The summed E-state index contributed by atoms with van der Waals surface area (Å²) >= 11 is 0. The molecular weight excluding hydrogens is 404 g/mol. The Morgan fingerprint density at radius 1 is 0.812 bits per heavy atom. The van der Waals surface area contributed by atoms with E-state index in [0.717, 1.165) is 24.2 Å². The van der Waals surface area contributed by atoms with Crippen LogP contribution in [-0.2, 0) is 22.4 Å². The van der Waals surface area contributed by atoms with Gasteiger partial charge in [0.25, 0.3) is 0 Å². The van der Waals surface area contributed by atoms with Crippen molar-refractivity contribution in [2.24, 2.45) is 0 Å². The van der Waals surface area contributed by atoms with Gasteiger partial charge in [0.15, 0.2) is 11.5 Å². The third-order valence-corrected chi connectivity index (χ3v) is 5.83. The quantitative estimate of drug-likeness (QED) is 0.599. The van der Waals surface area contributed by atoms with Crippen LogP contribution in [0.3, 0.4) is 0 Å². The molecule has 0 aromatic heterocycles. The van der Waals surface area contributed by atoms with E-state index in [1.54, 1.807) is 7.11 Å². The molecule has 1 fully saturated rings. The standard InChI is InChI=1S/C26H34N2O4/c1-3-32-23-13-10-22(20-24(23)31-2)12-15-26(30)28-17-7-16-27(18-19-28)25(29)14-11-21-8-5-4-6-9-21/h4-6,8-10,13,20H,3,7,11-12,14-19H2,1-2H3. The van der Waals surface area contributed by atoms with Gasteiger partial charge in [0.2, 0.25) is 11.8 Å². The summed E-state index contributed by atoms with van der Waals surface area (Å²) in [5.74, 6) is 1.71. The molecule has 2 amide bonds. The minimum absolute atomic E-state index is 0.136. The molecule has 2 aromatic rings. The highest BCUT2D eigenvalue weighted by Gasteiger charge is 2.22. The lowest BCUT2D eigenvalue weighted by atomic mass is 10.1. The number of nitrogens with zero attached hydrogens (tertiary/aromatic N) is 2. The summed E-state index contributed by atoms with van der Waals surface area (Å²) in [7, 11) is 1.62. The van der Waals surface area contributed by atoms with E-state index in [2.05, 4.69) is 12.1 Å². The van der Waals surface area contributed by atoms with Crippen LogP contribution in [0.25, 0.3) is 0 Å². The van der Waals surface area contributed by atoms with E-state index in [0.29, 0.717) is 57.8 Å². The minimum Gasteiger partial charge on any atom is -0.493 e. The van der Waals surface area contributed by atoms with Crippen molar-refractivity contribution in [2.45, 2.75) is 39.0 Å². The highest BCUT2D eigenvalue weighted by Crippen LogP contribution is 2.28. The Morgan fingerprint density at radius 2 is 1.44 bits per heavy atom. The fourth-order valence-corrected chi connectivity index (χ4v) is 4.02. The molecule has 3 rings (SSSR count). The van der Waals surface area contributed by atoms with Crippen molar-refractivity contribution in [1.29, 1.82) is 0 Å². The summed E-state index contributed by atoms with van der Waals surface area (Å²) in [6.07, 6.45) is 3.18. The van der Waals surface area contributed by atoms with Gasteiger partial charge in [-0.15, -0.1) is 0 Å². The van der Waals surface area contributed by atoms with Crippen molar-refractivity contribution < 1.29 is 19.1 Å². The van der Waals surface area contributed by atoms with E-state index in [-0.39, 0.29) is 11.8 Å². The topological polar surface area (TPSA) is 59.1 Å². The molecular formula is C26H34N2O4. The molecule has 0 saturated carbocycles. The number of carbonyl (C=O) groups excluding carboxylic acids is 2. The van der Waals surface area contributed by atoms with Crippen molar-refractivity contribution in [3.63, 3.8) is 0 Å². The van der Waals surface area contributed by atoms with Crippen molar-refractivity contribution in [2.75, 3.05) is 39.9 Å². The molecule has 1 aliphatic heterocycles. The largest absolute Gasteiger partial charge is 0.493 e. The lowest BCUT2D eigenvalue weighted by Gasteiger charge is -2.22. The zero-order chi connectivity index (χ0) is 22.8. The SMILES string of the molecule is CCOc1ccc(CCC(=O)N2CCCN(C(=O)CCc3ccccc3)CC2)cc1OC. The second kappa shape index (κ2) is 12.1. The molecule has 0 radical (unpaired) electrons. The van der Waals surface area contributed by atoms with Gasteiger partial charge >= 0.3 is 0 Å². The molecule has 0 aliphatic carbocycles. The van der Waals surface area contributed by atoms with Gasteiger partial charge in [-0.25, -0.2) is 0 Å². The van der Waals surface area contributed by atoms with E-state index in [1.165, 1.54) is 5.56 Å². The lowest BCUT2D eigenvalue weighted by molar-refractivity contribution is -0.133. The van der Waals surface area contributed by atoms with E-state index >= 15 is 0 Å². The zero-order valence-electron chi connectivity index (χ0n) is 19.2. The molecule has 2 aromatic carbocycles. The van der Waals surface area contributed by atoms with Gasteiger partial charge in [0.05, 0.1) is 13.7 Å². The molecule has 0 spiro atoms. The van der Waals surface area contributed by atoms with Crippen molar-refractivity contribution in [1.82, 2.24) is 9.80 Å². The van der Waals surface area contributed by atoms with E-state index < -0.39 is 0 Å². The fourth-order valence-electron chi connectivity index (χ4n) is 4.02. The number of methoxy groups -OCH3 is 1. The first kappa shape index (κ1) is 23.6. The second-order valence-electron chi connectivity index (χ2n) is 8.02. The van der Waals surface area contributed by atoms with Gasteiger partial charge in [0, 0.05) is 39.0 Å². The van der Waals surface area contributed by atoms with Crippen LogP contribution in [0.4, 0.5) is 0 Å². The van der Waals surface area contributed by atoms with E-state index in [9.17, 15) is 9.59 Å². The van der Waals surface area contributed by atoms with Crippen LogP contribution < -0.4 is 9.47 Å². The van der Waals surface area contributed by atoms with Gasteiger partial charge < -0.3 is 19.3 Å². The predicted octanol–water partition coefficient (Wildman–Crippen LogP) is 3.72. The highest BCUT2D eigenvalue weighted by atomic mass is 16.5. The maximum absolute atomic E-state index is 12.8. The van der Waals surface area contributed by atoms with Crippen LogP contribution in [0.2, 0.25) is 0 Å². The van der Waals surface area contributed by atoms with Crippen molar-refractivity contribution >= 4 is 11.8 Å². The number of carbonyl (C=O) groups is 2. The Kier molecular flexibility index (Phi) is 8.96.